The number of rotatable bonds is 5. The van der Waals surface area contributed by atoms with Crippen molar-refractivity contribution < 1.29 is 9.18 Å². The van der Waals surface area contributed by atoms with E-state index >= 15 is 0 Å². The molecule has 1 amide bonds. The molecule has 0 aliphatic rings. The van der Waals surface area contributed by atoms with Crippen LogP contribution in [0, 0.1) is 12.7 Å². The van der Waals surface area contributed by atoms with Crippen LogP contribution in [-0.4, -0.2) is 12.5 Å². The minimum absolute atomic E-state index is 0.0545. The quantitative estimate of drug-likeness (QED) is 0.883. The van der Waals surface area contributed by atoms with Crippen LogP contribution >= 0.6 is 0 Å². The summed E-state index contributed by atoms with van der Waals surface area (Å²) in [6, 6.07) is 12.1. The molecule has 2 rings (SSSR count). The van der Waals surface area contributed by atoms with Gasteiger partial charge in [-0.25, -0.2) is 4.39 Å². The van der Waals surface area contributed by atoms with Gasteiger partial charge in [-0.3, -0.25) is 4.79 Å². The Morgan fingerprint density at radius 3 is 2.67 bits per heavy atom. The number of carbonyl (C=O) groups is 1. The second-order valence-electron chi connectivity index (χ2n) is 4.87. The number of anilines is 1. The number of nitrogens with one attached hydrogen (secondary N) is 2. The van der Waals surface area contributed by atoms with Gasteiger partial charge < -0.3 is 10.6 Å². The van der Waals surface area contributed by atoms with Crippen LogP contribution in [0.25, 0.3) is 0 Å². The van der Waals surface area contributed by atoms with Crippen molar-refractivity contribution in [2.45, 2.75) is 20.4 Å². The molecule has 0 aliphatic heterocycles. The number of benzene rings is 2. The fourth-order valence-electron chi connectivity index (χ4n) is 2.05. The van der Waals surface area contributed by atoms with Gasteiger partial charge in [-0.15, -0.1) is 0 Å². The summed E-state index contributed by atoms with van der Waals surface area (Å²) in [5, 5.41) is 5.99. The summed E-state index contributed by atoms with van der Waals surface area (Å²) in [6.07, 6.45) is 0. The zero-order valence-electron chi connectivity index (χ0n) is 12.2. The summed E-state index contributed by atoms with van der Waals surface area (Å²) in [6.45, 7) is 5.30. The predicted octanol–water partition coefficient (Wildman–Crippen LogP) is 3.50. The molecule has 0 radical (unpaired) electrons. The van der Waals surface area contributed by atoms with E-state index in [1.54, 1.807) is 13.0 Å². The molecule has 2 N–H and O–H groups in total. The molecule has 4 heteroatoms. The molecule has 0 aliphatic carbocycles. The Kier molecular flexibility index (Phi) is 5.06. The molecular formula is C17H19FN2O. The molecule has 0 heterocycles. The highest BCUT2D eigenvalue weighted by molar-refractivity contribution is 6.04. The third-order valence-corrected chi connectivity index (χ3v) is 3.20. The van der Waals surface area contributed by atoms with E-state index in [-0.39, 0.29) is 5.56 Å². The highest BCUT2D eigenvalue weighted by atomic mass is 19.1. The average molecular weight is 286 g/mol. The number of carbonyl (C=O) groups excluding carboxylic acids is 1. The molecular weight excluding hydrogens is 267 g/mol. The highest BCUT2D eigenvalue weighted by Gasteiger charge is 2.13. The lowest BCUT2D eigenvalue weighted by molar-refractivity contribution is 0.102. The van der Waals surface area contributed by atoms with Gasteiger partial charge in [0.1, 0.15) is 5.82 Å². The number of amides is 1. The van der Waals surface area contributed by atoms with Gasteiger partial charge in [-0.05, 0) is 42.8 Å². The van der Waals surface area contributed by atoms with Crippen molar-refractivity contribution in [1.29, 1.82) is 0 Å². The minimum atomic E-state index is -0.503. The van der Waals surface area contributed by atoms with Crippen LogP contribution in [0.15, 0.2) is 42.5 Å². The van der Waals surface area contributed by atoms with Crippen LogP contribution in [0.4, 0.5) is 10.1 Å². The SMILES string of the molecule is CCNCc1ccccc1NC(=O)c1ccc(C)cc1F. The standard InChI is InChI=1S/C17H19FN2O/c1-3-19-11-13-6-4-5-7-16(13)20-17(21)14-9-8-12(2)10-15(14)18/h4-10,19H,3,11H2,1-2H3,(H,20,21). The zero-order valence-corrected chi connectivity index (χ0v) is 12.2. The summed E-state index contributed by atoms with van der Waals surface area (Å²) in [5.74, 6) is -0.937. The third kappa shape index (κ3) is 3.89. The first-order valence-electron chi connectivity index (χ1n) is 6.98. The molecule has 0 bridgehead atoms. The van der Waals surface area contributed by atoms with Gasteiger partial charge in [-0.1, -0.05) is 31.2 Å². The van der Waals surface area contributed by atoms with Crippen molar-refractivity contribution in [1.82, 2.24) is 5.32 Å². The second kappa shape index (κ2) is 6.99. The van der Waals surface area contributed by atoms with Crippen LogP contribution in [0.1, 0.15) is 28.4 Å². The zero-order chi connectivity index (χ0) is 15.2. The number of hydrogen-bond donors (Lipinski definition) is 2. The molecule has 2 aromatic rings. The van der Waals surface area contributed by atoms with Crippen molar-refractivity contribution in [2.75, 3.05) is 11.9 Å². The summed E-state index contributed by atoms with van der Waals surface area (Å²) in [5.41, 5.74) is 2.51. The van der Waals surface area contributed by atoms with E-state index in [4.69, 9.17) is 0 Å². The van der Waals surface area contributed by atoms with Gasteiger partial charge in [0.05, 0.1) is 5.56 Å². The Hall–Kier alpha value is -2.20. The topological polar surface area (TPSA) is 41.1 Å². The monoisotopic (exact) mass is 286 g/mol. The first-order valence-corrected chi connectivity index (χ1v) is 6.98. The first-order chi connectivity index (χ1) is 10.1. The van der Waals surface area contributed by atoms with Gasteiger partial charge in [0.2, 0.25) is 0 Å². The summed E-state index contributed by atoms with van der Waals surface area (Å²) in [4.78, 5) is 12.2. The maximum Gasteiger partial charge on any atom is 0.258 e. The van der Waals surface area contributed by atoms with Crippen molar-refractivity contribution >= 4 is 11.6 Å². The molecule has 0 fully saturated rings. The molecule has 0 aromatic heterocycles. The molecule has 110 valence electrons. The Morgan fingerprint density at radius 1 is 1.19 bits per heavy atom. The Labute approximate surface area is 124 Å². The molecule has 0 unspecified atom stereocenters. The number of hydrogen-bond acceptors (Lipinski definition) is 2. The van der Waals surface area contributed by atoms with Gasteiger partial charge in [0, 0.05) is 12.2 Å². The molecule has 3 nitrogen and oxygen atoms in total. The largest absolute Gasteiger partial charge is 0.322 e. The Bertz CT molecular complexity index is 640. The van der Waals surface area contributed by atoms with E-state index in [2.05, 4.69) is 10.6 Å². The maximum atomic E-state index is 13.8. The van der Waals surface area contributed by atoms with Crippen molar-refractivity contribution in [3.05, 3.63) is 65.0 Å². The third-order valence-electron chi connectivity index (χ3n) is 3.20. The second-order valence-corrected chi connectivity index (χ2v) is 4.87. The van der Waals surface area contributed by atoms with Crippen LogP contribution in [0.2, 0.25) is 0 Å². The molecule has 0 atom stereocenters. The molecule has 2 aromatic carbocycles. The lowest BCUT2D eigenvalue weighted by Crippen LogP contribution is -2.18. The Balaban J connectivity index is 2.19. The summed E-state index contributed by atoms with van der Waals surface area (Å²) < 4.78 is 13.8. The number of aryl methyl sites for hydroxylation is 1. The first kappa shape index (κ1) is 15.2. The van der Waals surface area contributed by atoms with E-state index < -0.39 is 11.7 Å². The predicted molar refractivity (Wildman–Crippen MR) is 82.9 cm³/mol. The molecule has 21 heavy (non-hydrogen) atoms. The number of para-hydroxylation sites is 1. The van der Waals surface area contributed by atoms with Crippen molar-refractivity contribution in [3.63, 3.8) is 0 Å². The van der Waals surface area contributed by atoms with E-state index in [1.807, 2.05) is 31.2 Å². The molecule has 0 spiro atoms. The summed E-state index contributed by atoms with van der Waals surface area (Å²) >= 11 is 0. The molecule has 0 saturated heterocycles. The minimum Gasteiger partial charge on any atom is -0.322 e. The van der Waals surface area contributed by atoms with E-state index in [0.29, 0.717) is 12.2 Å². The van der Waals surface area contributed by atoms with Gasteiger partial charge >= 0.3 is 0 Å². The highest BCUT2D eigenvalue weighted by Crippen LogP contribution is 2.17. The van der Waals surface area contributed by atoms with Crippen LogP contribution in [0.5, 0.6) is 0 Å². The Morgan fingerprint density at radius 2 is 1.95 bits per heavy atom. The van der Waals surface area contributed by atoms with E-state index in [0.717, 1.165) is 17.7 Å². The number of halogens is 1. The summed E-state index contributed by atoms with van der Waals surface area (Å²) in [7, 11) is 0. The lowest BCUT2D eigenvalue weighted by atomic mass is 10.1. The van der Waals surface area contributed by atoms with Crippen LogP contribution in [0.3, 0.4) is 0 Å². The van der Waals surface area contributed by atoms with Gasteiger partial charge in [0.15, 0.2) is 0 Å². The smallest absolute Gasteiger partial charge is 0.258 e. The average Bonchev–Trinajstić information content (AvgIpc) is 2.46. The van der Waals surface area contributed by atoms with Crippen molar-refractivity contribution in [3.8, 4) is 0 Å². The van der Waals surface area contributed by atoms with Crippen LogP contribution in [-0.2, 0) is 6.54 Å². The van der Waals surface area contributed by atoms with Gasteiger partial charge in [0.25, 0.3) is 5.91 Å². The normalized spacial score (nSPS) is 10.4. The van der Waals surface area contributed by atoms with Crippen LogP contribution < -0.4 is 10.6 Å². The lowest BCUT2D eigenvalue weighted by Gasteiger charge is -2.12. The molecule has 0 saturated carbocycles. The van der Waals surface area contributed by atoms with Gasteiger partial charge in [-0.2, -0.15) is 0 Å². The fraction of sp³-hybridized carbons (Fsp3) is 0.235. The fourth-order valence-corrected chi connectivity index (χ4v) is 2.05. The van der Waals surface area contributed by atoms with E-state index in [9.17, 15) is 9.18 Å². The van der Waals surface area contributed by atoms with Crippen molar-refractivity contribution in [2.24, 2.45) is 0 Å². The maximum absolute atomic E-state index is 13.8. The van der Waals surface area contributed by atoms with E-state index in [1.165, 1.54) is 12.1 Å².